The lowest BCUT2D eigenvalue weighted by Crippen LogP contribution is -2.36. The Hall–Kier alpha value is -3.30. The molecule has 1 saturated heterocycles. The first kappa shape index (κ1) is 21.9. The molecule has 2 heterocycles. The maximum atomic E-state index is 11.2. The molecule has 0 saturated carbocycles. The van der Waals surface area contributed by atoms with Gasteiger partial charge >= 0.3 is 0 Å². The van der Waals surface area contributed by atoms with Crippen LogP contribution in [0, 0.1) is 6.92 Å². The summed E-state index contributed by atoms with van der Waals surface area (Å²) in [5, 5.41) is 16.8. The van der Waals surface area contributed by atoms with Gasteiger partial charge in [-0.2, -0.15) is 0 Å². The number of aromatic hydroxyl groups is 1. The van der Waals surface area contributed by atoms with E-state index < -0.39 is 0 Å². The monoisotopic (exact) mass is 451 g/mol. The molecule has 32 heavy (non-hydrogen) atoms. The molecule has 0 atom stereocenters. The fraction of sp³-hybridized carbons (Fsp3) is 0.261. The average molecular weight is 452 g/mol. The van der Waals surface area contributed by atoms with Crippen molar-refractivity contribution in [1.82, 2.24) is 9.97 Å². The molecule has 0 aliphatic carbocycles. The van der Waals surface area contributed by atoms with E-state index in [2.05, 4.69) is 37.6 Å². The van der Waals surface area contributed by atoms with Gasteiger partial charge in [-0.25, -0.2) is 9.97 Å². The van der Waals surface area contributed by atoms with E-state index in [1.807, 2.05) is 25.1 Å². The van der Waals surface area contributed by atoms with Crippen LogP contribution in [0.3, 0.4) is 0 Å². The Labute approximate surface area is 191 Å². The van der Waals surface area contributed by atoms with Gasteiger partial charge in [0.05, 0.1) is 18.9 Å². The fourth-order valence-corrected chi connectivity index (χ4v) is 4.15. The van der Waals surface area contributed by atoms with E-state index in [-0.39, 0.29) is 11.7 Å². The van der Waals surface area contributed by atoms with E-state index in [0.717, 1.165) is 47.5 Å². The molecule has 8 nitrogen and oxygen atoms in total. The van der Waals surface area contributed by atoms with Crippen LogP contribution in [0.15, 0.2) is 58.6 Å². The molecule has 1 aromatic heterocycles. The van der Waals surface area contributed by atoms with Gasteiger partial charge in [-0.15, -0.1) is 0 Å². The lowest BCUT2D eigenvalue weighted by molar-refractivity contribution is -0.114. The van der Waals surface area contributed by atoms with E-state index in [4.69, 9.17) is 4.74 Å². The van der Waals surface area contributed by atoms with E-state index >= 15 is 0 Å². The average Bonchev–Trinajstić information content (AvgIpc) is 2.79. The molecule has 0 spiro atoms. The van der Waals surface area contributed by atoms with Crippen LogP contribution in [0.1, 0.15) is 12.5 Å². The predicted molar refractivity (Wildman–Crippen MR) is 126 cm³/mol. The number of benzene rings is 2. The van der Waals surface area contributed by atoms with Crippen LogP contribution in [0.25, 0.3) is 0 Å². The minimum absolute atomic E-state index is 0.00983. The second-order valence-electron chi connectivity index (χ2n) is 7.42. The number of carbonyl (C=O) groups is 1. The minimum atomic E-state index is -0.235. The number of hydrogen-bond donors (Lipinski definition) is 3. The highest BCUT2D eigenvalue weighted by Crippen LogP contribution is 2.34. The summed E-state index contributed by atoms with van der Waals surface area (Å²) in [5.74, 6) is 0.271. The first-order chi connectivity index (χ1) is 15.5. The lowest BCUT2D eigenvalue weighted by Gasteiger charge is -2.28. The van der Waals surface area contributed by atoms with Gasteiger partial charge in [0.15, 0.2) is 0 Å². The van der Waals surface area contributed by atoms with Crippen LogP contribution in [-0.2, 0) is 9.53 Å². The van der Waals surface area contributed by atoms with Crippen LogP contribution in [-0.4, -0.2) is 47.3 Å². The number of nitrogens with one attached hydrogen (secondary N) is 2. The maximum absolute atomic E-state index is 11.2. The Morgan fingerprint density at radius 3 is 2.59 bits per heavy atom. The standard InChI is InChI=1S/C23H25N5O3S/c1-15-14-24-23(26-17-3-5-18(6-4-17)28-9-11-31-12-10-28)27-22(15)32-19-7-8-20(21(30)13-19)25-16(2)29/h3-8,13-14,30H,9-12H2,1-2H3,(H,25,29)(H,24,26,27). The molecular formula is C23H25N5O3S. The van der Waals surface area contributed by atoms with Crippen LogP contribution in [0.5, 0.6) is 5.75 Å². The first-order valence-electron chi connectivity index (χ1n) is 10.3. The number of nitrogens with zero attached hydrogens (tertiary/aromatic N) is 3. The number of phenolic OH excluding ortho intramolecular Hbond substituents is 1. The largest absolute Gasteiger partial charge is 0.506 e. The molecular weight excluding hydrogens is 426 g/mol. The first-order valence-corrected chi connectivity index (χ1v) is 11.1. The van der Waals surface area contributed by atoms with Crippen LogP contribution in [0.2, 0.25) is 0 Å². The van der Waals surface area contributed by atoms with E-state index in [1.165, 1.54) is 24.4 Å². The molecule has 2 aromatic carbocycles. The number of morpholine rings is 1. The zero-order valence-electron chi connectivity index (χ0n) is 18.0. The zero-order valence-corrected chi connectivity index (χ0v) is 18.8. The zero-order chi connectivity index (χ0) is 22.5. The third-order valence-corrected chi connectivity index (χ3v) is 6.02. The van der Waals surface area contributed by atoms with Crippen molar-refractivity contribution < 1.29 is 14.6 Å². The van der Waals surface area contributed by atoms with Crippen LogP contribution in [0.4, 0.5) is 23.0 Å². The van der Waals surface area contributed by atoms with Crippen molar-refractivity contribution in [3.8, 4) is 5.75 Å². The summed E-state index contributed by atoms with van der Waals surface area (Å²) in [5.41, 5.74) is 3.37. The van der Waals surface area contributed by atoms with Crippen molar-refractivity contribution in [2.75, 3.05) is 41.8 Å². The third-order valence-electron chi connectivity index (χ3n) is 4.92. The van der Waals surface area contributed by atoms with Crippen molar-refractivity contribution >= 4 is 40.7 Å². The van der Waals surface area contributed by atoms with Crippen LogP contribution >= 0.6 is 11.8 Å². The number of ether oxygens (including phenoxy) is 1. The van der Waals surface area contributed by atoms with Crippen molar-refractivity contribution in [2.24, 2.45) is 0 Å². The number of carbonyl (C=O) groups excluding carboxylic acids is 1. The third kappa shape index (κ3) is 5.49. The number of aromatic nitrogens is 2. The highest BCUT2D eigenvalue weighted by atomic mass is 32.2. The van der Waals surface area contributed by atoms with Crippen molar-refractivity contribution in [3.05, 3.63) is 54.2 Å². The molecule has 1 aliphatic heterocycles. The van der Waals surface area contributed by atoms with E-state index in [0.29, 0.717) is 11.6 Å². The second kappa shape index (κ2) is 9.88. The number of amides is 1. The molecule has 9 heteroatoms. The molecule has 4 rings (SSSR count). The van der Waals surface area contributed by atoms with Crippen molar-refractivity contribution in [1.29, 1.82) is 0 Å². The Balaban J connectivity index is 1.45. The Bertz CT molecular complexity index is 1100. The smallest absolute Gasteiger partial charge is 0.228 e. The van der Waals surface area contributed by atoms with Gasteiger partial charge in [0.2, 0.25) is 11.9 Å². The molecule has 0 bridgehead atoms. The van der Waals surface area contributed by atoms with Gasteiger partial charge in [0, 0.05) is 48.0 Å². The highest BCUT2D eigenvalue weighted by Gasteiger charge is 2.12. The molecule has 3 aromatic rings. The molecule has 0 unspecified atom stereocenters. The molecule has 1 aliphatic rings. The predicted octanol–water partition coefficient (Wildman–Crippen LogP) is 4.18. The summed E-state index contributed by atoms with van der Waals surface area (Å²) in [4.78, 5) is 23.4. The number of phenols is 1. The topological polar surface area (TPSA) is 99.6 Å². The van der Waals surface area contributed by atoms with Gasteiger partial charge in [0.25, 0.3) is 0 Å². The van der Waals surface area contributed by atoms with Gasteiger partial charge < -0.3 is 25.4 Å². The lowest BCUT2D eigenvalue weighted by atomic mass is 10.2. The maximum Gasteiger partial charge on any atom is 0.228 e. The number of hydrogen-bond acceptors (Lipinski definition) is 8. The summed E-state index contributed by atoms with van der Waals surface area (Å²) in [7, 11) is 0. The highest BCUT2D eigenvalue weighted by molar-refractivity contribution is 7.99. The van der Waals surface area contributed by atoms with E-state index in [1.54, 1.807) is 18.3 Å². The van der Waals surface area contributed by atoms with Crippen molar-refractivity contribution in [3.63, 3.8) is 0 Å². The molecule has 3 N–H and O–H groups in total. The second-order valence-corrected chi connectivity index (χ2v) is 8.48. The number of rotatable bonds is 6. The Kier molecular flexibility index (Phi) is 6.77. The summed E-state index contributed by atoms with van der Waals surface area (Å²) in [6.07, 6.45) is 1.77. The number of anilines is 4. The Morgan fingerprint density at radius 2 is 1.91 bits per heavy atom. The summed E-state index contributed by atoms with van der Waals surface area (Å²) < 4.78 is 5.41. The molecule has 1 fully saturated rings. The molecule has 0 radical (unpaired) electrons. The minimum Gasteiger partial charge on any atom is -0.506 e. The van der Waals surface area contributed by atoms with Gasteiger partial charge in [0.1, 0.15) is 10.8 Å². The molecule has 1 amide bonds. The van der Waals surface area contributed by atoms with Gasteiger partial charge in [-0.05, 0) is 49.4 Å². The Morgan fingerprint density at radius 1 is 1.16 bits per heavy atom. The summed E-state index contributed by atoms with van der Waals surface area (Å²) >= 11 is 1.42. The van der Waals surface area contributed by atoms with E-state index in [9.17, 15) is 9.90 Å². The quantitative estimate of drug-likeness (QED) is 0.379. The number of aryl methyl sites for hydroxylation is 1. The molecule has 166 valence electrons. The summed E-state index contributed by atoms with van der Waals surface area (Å²) in [6.45, 7) is 6.65. The van der Waals surface area contributed by atoms with Crippen molar-refractivity contribution in [2.45, 2.75) is 23.8 Å². The van der Waals surface area contributed by atoms with Crippen LogP contribution < -0.4 is 15.5 Å². The van der Waals surface area contributed by atoms with Gasteiger partial charge in [-0.1, -0.05) is 11.8 Å². The SMILES string of the molecule is CC(=O)Nc1ccc(Sc2nc(Nc3ccc(N4CCOCC4)cc3)ncc2C)cc1O. The summed E-state index contributed by atoms with van der Waals surface area (Å²) in [6, 6.07) is 13.3. The van der Waals surface area contributed by atoms with Gasteiger partial charge in [-0.3, -0.25) is 4.79 Å². The fourth-order valence-electron chi connectivity index (χ4n) is 3.28. The normalized spacial score (nSPS) is 13.6.